The van der Waals surface area contributed by atoms with Crippen molar-refractivity contribution in [1.82, 2.24) is 0 Å². The molecule has 1 heterocycles. The third-order valence-corrected chi connectivity index (χ3v) is 9.07. The van der Waals surface area contributed by atoms with Gasteiger partial charge in [0.2, 0.25) is 0 Å². The summed E-state index contributed by atoms with van der Waals surface area (Å²) in [7, 11) is 0. The van der Waals surface area contributed by atoms with Gasteiger partial charge in [0, 0.05) is 10.5 Å². The fourth-order valence-electron chi connectivity index (χ4n) is 1.63. The van der Waals surface area contributed by atoms with Crippen LogP contribution in [0.4, 0.5) is 0 Å². The van der Waals surface area contributed by atoms with Crippen LogP contribution in [0.5, 0.6) is 0 Å². The van der Waals surface area contributed by atoms with E-state index in [9.17, 15) is 0 Å². The van der Waals surface area contributed by atoms with Crippen molar-refractivity contribution in [2.24, 2.45) is 4.99 Å². The Labute approximate surface area is 123 Å². The summed E-state index contributed by atoms with van der Waals surface area (Å²) in [4.78, 5) is 4.94. The highest BCUT2D eigenvalue weighted by atomic mass is 32.3. The summed E-state index contributed by atoms with van der Waals surface area (Å²) in [6, 6.07) is 0. The first kappa shape index (κ1) is 16.1. The zero-order valence-corrected chi connectivity index (χ0v) is 15.0. The molecule has 0 N–H and O–H groups in total. The van der Waals surface area contributed by atoms with Crippen molar-refractivity contribution in [3.05, 3.63) is 0 Å². The second kappa shape index (κ2) is 6.02. The smallest absolute Gasteiger partial charge is 0.138 e. The summed E-state index contributed by atoms with van der Waals surface area (Å²) >= 11 is 7.85. The van der Waals surface area contributed by atoms with Gasteiger partial charge >= 0.3 is 0 Å². The highest BCUT2D eigenvalue weighted by molar-refractivity contribution is 8.48. The fourth-order valence-corrected chi connectivity index (χ4v) is 8.61. The maximum absolute atomic E-state index is 4.94. The van der Waals surface area contributed by atoms with Crippen LogP contribution in [-0.4, -0.2) is 30.1 Å². The van der Waals surface area contributed by atoms with Crippen LogP contribution in [-0.2, 0) is 0 Å². The van der Waals surface area contributed by atoms with Gasteiger partial charge in [0.15, 0.2) is 0 Å². The first-order valence-corrected chi connectivity index (χ1v) is 9.71. The third-order valence-electron chi connectivity index (χ3n) is 2.34. The molecule has 1 atom stereocenters. The van der Waals surface area contributed by atoms with E-state index in [-0.39, 0.29) is 8.95 Å². The Balaban J connectivity index is 2.89. The van der Waals surface area contributed by atoms with E-state index in [2.05, 4.69) is 47.8 Å². The highest BCUT2D eigenvalue weighted by Crippen LogP contribution is 2.61. The molecule has 1 rings (SSSR count). The Morgan fingerprint density at radius 2 is 1.71 bits per heavy atom. The molecule has 0 aliphatic carbocycles. The summed E-state index contributed by atoms with van der Waals surface area (Å²) in [5, 5.41) is 1.24. The van der Waals surface area contributed by atoms with E-state index in [1.54, 1.807) is 0 Å². The van der Waals surface area contributed by atoms with Crippen molar-refractivity contribution in [2.45, 2.75) is 61.0 Å². The van der Waals surface area contributed by atoms with E-state index in [0.717, 1.165) is 0 Å². The van der Waals surface area contributed by atoms with Crippen molar-refractivity contribution in [3.63, 3.8) is 0 Å². The lowest BCUT2D eigenvalue weighted by Crippen LogP contribution is -2.37. The molecular formula is C12H23NS4. The Morgan fingerprint density at radius 1 is 1.12 bits per heavy atom. The number of hydrogen-bond acceptors (Lipinski definition) is 5. The standard InChI is InChI=1S/C12H23NS4/c1-8(2)15-10-13-11(5,6)12(14-7,17-10)16-9(3)4/h8-9H,1-7H3. The van der Waals surface area contributed by atoms with Crippen molar-refractivity contribution < 1.29 is 0 Å². The summed E-state index contributed by atoms with van der Waals surface area (Å²) in [5.41, 5.74) is 0.00322. The number of thioether (sulfide) groups is 4. The van der Waals surface area contributed by atoms with E-state index < -0.39 is 0 Å². The molecule has 0 fully saturated rings. The average Bonchev–Trinajstić information content (AvgIpc) is 2.35. The van der Waals surface area contributed by atoms with Crippen molar-refractivity contribution in [2.75, 3.05) is 6.26 Å². The molecule has 5 heteroatoms. The number of nitrogens with zero attached hydrogens (tertiary/aromatic N) is 1. The normalized spacial score (nSPS) is 27.9. The fraction of sp³-hybridized carbons (Fsp3) is 0.917. The molecule has 17 heavy (non-hydrogen) atoms. The SMILES string of the molecule is CSC1(SC(C)C)SC(SC(C)C)=NC1(C)C. The van der Waals surface area contributed by atoms with Crippen LogP contribution in [0.2, 0.25) is 0 Å². The molecule has 0 aromatic heterocycles. The first-order valence-electron chi connectivity index (χ1n) is 5.91. The van der Waals surface area contributed by atoms with E-state index in [0.29, 0.717) is 10.5 Å². The van der Waals surface area contributed by atoms with Crippen LogP contribution in [0.15, 0.2) is 4.99 Å². The minimum atomic E-state index is 0.00322. The molecule has 1 aliphatic heterocycles. The van der Waals surface area contributed by atoms with E-state index in [4.69, 9.17) is 4.99 Å². The average molecular weight is 310 g/mol. The predicted octanol–water partition coefficient (Wildman–Crippen LogP) is 5.17. The number of rotatable bonds is 4. The minimum Gasteiger partial charge on any atom is -0.262 e. The molecule has 0 radical (unpaired) electrons. The van der Waals surface area contributed by atoms with Gasteiger partial charge in [0.05, 0.1) is 5.54 Å². The van der Waals surface area contributed by atoms with Gasteiger partial charge in [-0.1, -0.05) is 51.2 Å². The molecule has 0 aromatic rings. The van der Waals surface area contributed by atoms with Gasteiger partial charge in [-0.3, -0.25) is 4.99 Å². The number of hydrogen-bond donors (Lipinski definition) is 0. The minimum absolute atomic E-state index is 0.00322. The highest BCUT2D eigenvalue weighted by Gasteiger charge is 2.52. The zero-order valence-electron chi connectivity index (χ0n) is 11.7. The molecular weight excluding hydrogens is 286 g/mol. The van der Waals surface area contributed by atoms with Crippen molar-refractivity contribution in [3.8, 4) is 0 Å². The van der Waals surface area contributed by atoms with Gasteiger partial charge in [0.25, 0.3) is 0 Å². The Bertz CT molecular complexity index is 299. The maximum atomic E-state index is 4.94. The summed E-state index contributed by atoms with van der Waals surface area (Å²) < 4.78 is 1.39. The molecule has 0 saturated heterocycles. The molecule has 0 bridgehead atoms. The Morgan fingerprint density at radius 3 is 2.12 bits per heavy atom. The molecule has 1 unspecified atom stereocenters. The zero-order chi connectivity index (χ0) is 13.3. The van der Waals surface area contributed by atoms with Crippen LogP contribution in [0.1, 0.15) is 41.5 Å². The van der Waals surface area contributed by atoms with Crippen LogP contribution >= 0.6 is 47.0 Å². The quantitative estimate of drug-likeness (QED) is 0.664. The predicted molar refractivity (Wildman–Crippen MR) is 90.8 cm³/mol. The van der Waals surface area contributed by atoms with Gasteiger partial charge in [-0.15, -0.1) is 23.5 Å². The monoisotopic (exact) mass is 309 g/mol. The van der Waals surface area contributed by atoms with Crippen LogP contribution in [0.25, 0.3) is 0 Å². The summed E-state index contributed by atoms with van der Waals surface area (Å²) in [6.07, 6.45) is 2.21. The molecule has 1 nitrogen and oxygen atoms in total. The molecule has 0 aromatic carbocycles. The third kappa shape index (κ3) is 3.77. The van der Waals surface area contributed by atoms with Crippen LogP contribution in [0.3, 0.4) is 0 Å². The molecule has 0 spiro atoms. The topological polar surface area (TPSA) is 12.4 Å². The van der Waals surface area contributed by atoms with Gasteiger partial charge in [-0.05, 0) is 20.1 Å². The Kier molecular flexibility index (Phi) is 5.71. The second-order valence-corrected chi connectivity index (χ2v) is 11.7. The summed E-state index contributed by atoms with van der Waals surface area (Å²) in [5.74, 6) is 0. The maximum Gasteiger partial charge on any atom is 0.138 e. The lowest BCUT2D eigenvalue weighted by atomic mass is 10.1. The Hall–Kier alpha value is 1.07. The summed E-state index contributed by atoms with van der Waals surface area (Å²) in [6.45, 7) is 13.5. The van der Waals surface area contributed by atoms with Gasteiger partial charge in [-0.2, -0.15) is 0 Å². The van der Waals surface area contributed by atoms with Crippen LogP contribution in [0, 0.1) is 0 Å². The molecule has 0 saturated carbocycles. The first-order chi connectivity index (χ1) is 7.72. The van der Waals surface area contributed by atoms with Gasteiger partial charge in [0.1, 0.15) is 7.79 Å². The second-order valence-electron chi connectivity index (χ2n) is 5.13. The van der Waals surface area contributed by atoms with E-state index >= 15 is 0 Å². The lowest BCUT2D eigenvalue weighted by molar-refractivity contribution is 0.562. The van der Waals surface area contributed by atoms with Crippen molar-refractivity contribution >= 4 is 51.4 Å². The van der Waals surface area contributed by atoms with Crippen LogP contribution < -0.4 is 0 Å². The van der Waals surface area contributed by atoms with E-state index in [1.807, 2.05) is 47.0 Å². The lowest BCUT2D eigenvalue weighted by Gasteiger charge is -2.37. The molecule has 1 aliphatic rings. The largest absolute Gasteiger partial charge is 0.262 e. The van der Waals surface area contributed by atoms with E-state index in [1.165, 1.54) is 4.38 Å². The van der Waals surface area contributed by atoms with Gasteiger partial charge < -0.3 is 0 Å². The molecule has 0 amide bonds. The van der Waals surface area contributed by atoms with Gasteiger partial charge in [-0.25, -0.2) is 0 Å². The molecule has 100 valence electrons. The number of aliphatic imine (C=N–C) groups is 1. The van der Waals surface area contributed by atoms with Crippen molar-refractivity contribution in [1.29, 1.82) is 0 Å².